The molecule has 0 saturated carbocycles. The van der Waals surface area contributed by atoms with Crippen molar-refractivity contribution >= 4 is 34.8 Å². The first-order valence-electron chi connectivity index (χ1n) is 2.68. The SMILES string of the molecule is N#Cc1c(Cl)c(F)nc(Cl)c1Cl. The van der Waals surface area contributed by atoms with Crippen LogP contribution in [-0.4, -0.2) is 4.98 Å². The molecule has 0 aliphatic heterocycles. The third-order valence-corrected chi connectivity index (χ3v) is 2.19. The highest BCUT2D eigenvalue weighted by Crippen LogP contribution is 2.30. The fourth-order valence-electron chi connectivity index (χ4n) is 0.585. The smallest absolute Gasteiger partial charge is 0.205 e. The van der Waals surface area contributed by atoms with Crippen LogP contribution in [-0.2, 0) is 0 Å². The monoisotopic (exact) mass is 224 g/mol. The largest absolute Gasteiger partial charge is 0.234 e. The van der Waals surface area contributed by atoms with Crippen LogP contribution in [0.2, 0.25) is 15.2 Å². The predicted octanol–water partition coefficient (Wildman–Crippen LogP) is 3.05. The Morgan fingerprint density at radius 1 is 1.25 bits per heavy atom. The molecule has 0 unspecified atom stereocenters. The van der Waals surface area contributed by atoms with Gasteiger partial charge in [0.2, 0.25) is 5.95 Å². The molecule has 0 spiro atoms. The van der Waals surface area contributed by atoms with Gasteiger partial charge in [0.1, 0.15) is 11.1 Å². The van der Waals surface area contributed by atoms with Crippen molar-refractivity contribution in [3.63, 3.8) is 0 Å². The summed E-state index contributed by atoms with van der Waals surface area (Å²) in [5, 5.41) is 7.66. The molecule has 0 aromatic carbocycles. The molecule has 1 rings (SSSR count). The number of hydrogen-bond acceptors (Lipinski definition) is 2. The van der Waals surface area contributed by atoms with Crippen molar-refractivity contribution in [3.05, 3.63) is 26.7 Å². The van der Waals surface area contributed by atoms with Gasteiger partial charge in [-0.25, -0.2) is 4.98 Å². The minimum absolute atomic E-state index is 0.134. The molecule has 0 amide bonds. The summed E-state index contributed by atoms with van der Waals surface area (Å²) in [5.74, 6) is -0.998. The summed E-state index contributed by atoms with van der Waals surface area (Å²) in [6.07, 6.45) is 0. The number of aromatic nitrogens is 1. The number of pyridine rings is 1. The van der Waals surface area contributed by atoms with Gasteiger partial charge in [0.05, 0.1) is 10.6 Å². The van der Waals surface area contributed by atoms with Gasteiger partial charge >= 0.3 is 0 Å². The first-order chi connectivity index (χ1) is 5.57. The highest BCUT2D eigenvalue weighted by molar-refractivity contribution is 6.43. The van der Waals surface area contributed by atoms with E-state index >= 15 is 0 Å². The zero-order valence-corrected chi connectivity index (χ0v) is 7.67. The van der Waals surface area contributed by atoms with Crippen molar-refractivity contribution in [3.8, 4) is 6.07 Å². The van der Waals surface area contributed by atoms with Crippen LogP contribution < -0.4 is 0 Å². The number of halogens is 4. The first kappa shape index (κ1) is 9.53. The molecule has 0 saturated heterocycles. The molecular formula is C6Cl3FN2. The standard InChI is InChI=1S/C6Cl3FN2/c7-3-2(1-11)4(8)6(10)12-5(3)9. The third-order valence-electron chi connectivity index (χ3n) is 1.11. The maximum absolute atomic E-state index is 12.7. The minimum Gasteiger partial charge on any atom is -0.205 e. The molecule has 1 heterocycles. The zero-order valence-electron chi connectivity index (χ0n) is 5.41. The zero-order chi connectivity index (χ0) is 9.30. The van der Waals surface area contributed by atoms with Crippen LogP contribution in [0, 0.1) is 17.3 Å². The van der Waals surface area contributed by atoms with Gasteiger partial charge in [-0.05, 0) is 0 Å². The second kappa shape index (κ2) is 3.44. The molecule has 0 N–H and O–H groups in total. The summed E-state index contributed by atoms with van der Waals surface area (Å²) in [6.45, 7) is 0. The van der Waals surface area contributed by atoms with Crippen molar-refractivity contribution in [2.75, 3.05) is 0 Å². The van der Waals surface area contributed by atoms with E-state index in [4.69, 9.17) is 40.1 Å². The minimum atomic E-state index is -0.998. The Kier molecular flexibility index (Phi) is 2.73. The summed E-state index contributed by atoms with van der Waals surface area (Å²) < 4.78 is 12.7. The lowest BCUT2D eigenvalue weighted by molar-refractivity contribution is 0.584. The Morgan fingerprint density at radius 3 is 2.33 bits per heavy atom. The van der Waals surface area contributed by atoms with E-state index in [0.29, 0.717) is 0 Å². The van der Waals surface area contributed by atoms with Gasteiger partial charge in [0.25, 0.3) is 0 Å². The van der Waals surface area contributed by atoms with Gasteiger partial charge in [0, 0.05) is 0 Å². The van der Waals surface area contributed by atoms with Crippen LogP contribution in [0.1, 0.15) is 5.56 Å². The first-order valence-corrected chi connectivity index (χ1v) is 3.81. The van der Waals surface area contributed by atoms with Crippen LogP contribution in [0.5, 0.6) is 0 Å². The van der Waals surface area contributed by atoms with Crippen molar-refractivity contribution in [1.82, 2.24) is 4.98 Å². The van der Waals surface area contributed by atoms with Gasteiger partial charge in [-0.1, -0.05) is 34.8 Å². The number of hydrogen-bond donors (Lipinski definition) is 0. The molecule has 0 atom stereocenters. The summed E-state index contributed by atoms with van der Waals surface area (Å²) >= 11 is 16.2. The van der Waals surface area contributed by atoms with Crippen LogP contribution in [0.15, 0.2) is 0 Å². The maximum atomic E-state index is 12.7. The van der Waals surface area contributed by atoms with E-state index in [1.54, 1.807) is 6.07 Å². The number of nitrogens with zero attached hydrogens (tertiary/aromatic N) is 2. The lowest BCUT2D eigenvalue weighted by Crippen LogP contribution is -1.91. The van der Waals surface area contributed by atoms with Crippen LogP contribution in [0.3, 0.4) is 0 Å². The quantitative estimate of drug-likeness (QED) is 0.636. The maximum Gasteiger partial charge on any atom is 0.234 e. The van der Waals surface area contributed by atoms with Gasteiger partial charge in [-0.2, -0.15) is 9.65 Å². The summed E-state index contributed by atoms with van der Waals surface area (Å²) in [4.78, 5) is 3.17. The fraction of sp³-hybridized carbons (Fsp3) is 0. The van der Waals surface area contributed by atoms with E-state index in [9.17, 15) is 4.39 Å². The van der Waals surface area contributed by atoms with Gasteiger partial charge < -0.3 is 0 Å². The van der Waals surface area contributed by atoms with E-state index in [0.717, 1.165) is 0 Å². The van der Waals surface area contributed by atoms with E-state index in [1.807, 2.05) is 0 Å². The number of rotatable bonds is 0. The third kappa shape index (κ3) is 1.46. The van der Waals surface area contributed by atoms with Crippen molar-refractivity contribution in [2.24, 2.45) is 0 Å². The van der Waals surface area contributed by atoms with E-state index in [1.165, 1.54) is 0 Å². The van der Waals surface area contributed by atoms with Crippen molar-refractivity contribution in [1.29, 1.82) is 5.26 Å². The van der Waals surface area contributed by atoms with Crippen LogP contribution >= 0.6 is 34.8 Å². The Labute approximate surface area is 82.5 Å². The van der Waals surface area contributed by atoms with E-state index in [2.05, 4.69) is 4.98 Å². The Morgan fingerprint density at radius 2 is 1.83 bits per heavy atom. The average molecular weight is 225 g/mol. The van der Waals surface area contributed by atoms with Crippen LogP contribution in [0.4, 0.5) is 4.39 Å². The molecule has 0 fully saturated rings. The molecule has 0 aliphatic rings. The molecule has 0 radical (unpaired) electrons. The van der Waals surface area contributed by atoms with Gasteiger partial charge in [-0.3, -0.25) is 0 Å². The molecule has 62 valence electrons. The predicted molar refractivity (Wildman–Crippen MR) is 43.9 cm³/mol. The topological polar surface area (TPSA) is 36.7 Å². The number of nitriles is 1. The van der Waals surface area contributed by atoms with E-state index in [-0.39, 0.29) is 15.7 Å². The summed E-state index contributed by atoms with van der Waals surface area (Å²) in [7, 11) is 0. The molecule has 2 nitrogen and oxygen atoms in total. The second-order valence-corrected chi connectivity index (χ2v) is 2.92. The molecule has 1 aromatic heterocycles. The molecule has 12 heavy (non-hydrogen) atoms. The second-order valence-electron chi connectivity index (χ2n) is 1.81. The Bertz CT molecular complexity index is 346. The molecular weight excluding hydrogens is 225 g/mol. The van der Waals surface area contributed by atoms with Crippen molar-refractivity contribution < 1.29 is 4.39 Å². The highest BCUT2D eigenvalue weighted by Gasteiger charge is 2.15. The Hall–Kier alpha value is -0.560. The summed E-state index contributed by atoms with van der Waals surface area (Å²) in [6, 6.07) is 1.62. The Balaban J connectivity index is 3.56. The van der Waals surface area contributed by atoms with Gasteiger partial charge in [0.15, 0.2) is 5.15 Å². The molecule has 0 aliphatic carbocycles. The van der Waals surface area contributed by atoms with Gasteiger partial charge in [-0.15, -0.1) is 0 Å². The molecule has 0 bridgehead atoms. The average Bonchev–Trinajstić information content (AvgIpc) is 2.02. The molecule has 6 heteroatoms. The van der Waals surface area contributed by atoms with Crippen molar-refractivity contribution in [2.45, 2.75) is 0 Å². The van der Waals surface area contributed by atoms with Crippen LogP contribution in [0.25, 0.3) is 0 Å². The van der Waals surface area contributed by atoms with E-state index < -0.39 is 11.0 Å². The highest BCUT2D eigenvalue weighted by atomic mass is 35.5. The lowest BCUT2D eigenvalue weighted by atomic mass is 10.3. The lowest BCUT2D eigenvalue weighted by Gasteiger charge is -1.99. The summed E-state index contributed by atoms with van der Waals surface area (Å²) in [5.41, 5.74) is -0.198. The molecule has 1 aromatic rings. The fourth-order valence-corrected chi connectivity index (χ4v) is 1.16. The normalized spacial score (nSPS) is 9.58.